The summed E-state index contributed by atoms with van der Waals surface area (Å²) in [7, 11) is 3.24. The number of benzene rings is 2. The zero-order valence-corrected chi connectivity index (χ0v) is 22.7. The Kier molecular flexibility index (Phi) is 7.21. The van der Waals surface area contributed by atoms with Gasteiger partial charge < -0.3 is 14.4 Å². The molecule has 2 heterocycles. The average Bonchev–Trinajstić information content (AvgIpc) is 3.38. The number of rotatable bonds is 7. The number of anilines is 1. The number of halogens is 1. The first-order valence-electron chi connectivity index (χ1n) is 13.2. The monoisotopic (exact) mass is 528 g/mol. The topological polar surface area (TPSA) is 77.3 Å². The van der Waals surface area contributed by atoms with Crippen molar-refractivity contribution in [1.82, 2.24) is 14.8 Å². The van der Waals surface area contributed by atoms with Crippen molar-refractivity contribution in [3.8, 4) is 16.9 Å². The van der Waals surface area contributed by atoms with Crippen molar-refractivity contribution < 1.29 is 18.7 Å². The fourth-order valence-corrected chi connectivity index (χ4v) is 5.47. The predicted molar refractivity (Wildman–Crippen MR) is 150 cm³/mol. The van der Waals surface area contributed by atoms with Crippen LogP contribution in [0.5, 0.6) is 5.75 Å². The maximum atomic E-state index is 15.1. The second kappa shape index (κ2) is 10.6. The number of carbonyl (C=O) groups excluding carboxylic acids is 2. The second-order valence-electron chi connectivity index (χ2n) is 10.7. The van der Waals surface area contributed by atoms with Crippen molar-refractivity contribution in [3.63, 3.8) is 0 Å². The first-order valence-corrected chi connectivity index (χ1v) is 13.2. The number of ether oxygens (including phenoxy) is 1. The van der Waals surface area contributed by atoms with Gasteiger partial charge in [-0.2, -0.15) is 5.10 Å². The van der Waals surface area contributed by atoms with E-state index in [1.807, 2.05) is 35.1 Å². The molecule has 1 fully saturated rings. The molecule has 7 nitrogen and oxygen atoms in total. The summed E-state index contributed by atoms with van der Waals surface area (Å²) < 4.78 is 22.7. The number of hydrogen-bond acceptors (Lipinski definition) is 5. The van der Waals surface area contributed by atoms with Crippen molar-refractivity contribution in [3.05, 3.63) is 72.2 Å². The normalized spacial score (nSPS) is 17.7. The fraction of sp³-hybridized carbons (Fsp3) is 0.355. The van der Waals surface area contributed by atoms with Crippen molar-refractivity contribution in [1.29, 1.82) is 0 Å². The smallest absolute Gasteiger partial charge is 0.277 e. The summed E-state index contributed by atoms with van der Waals surface area (Å²) in [6.45, 7) is 3.01. The van der Waals surface area contributed by atoms with E-state index < -0.39 is 5.67 Å². The molecule has 0 radical (unpaired) electrons. The minimum absolute atomic E-state index is 0.136. The molecule has 0 spiro atoms. The zero-order chi connectivity index (χ0) is 27.7. The summed E-state index contributed by atoms with van der Waals surface area (Å²) in [5.41, 5.74) is 1.66. The largest absolute Gasteiger partial charge is 0.494 e. The van der Waals surface area contributed by atoms with Gasteiger partial charge in [-0.15, -0.1) is 0 Å². The van der Waals surface area contributed by atoms with Crippen molar-refractivity contribution in [2.75, 3.05) is 19.1 Å². The van der Waals surface area contributed by atoms with E-state index in [9.17, 15) is 9.59 Å². The molecule has 39 heavy (non-hydrogen) atoms. The van der Waals surface area contributed by atoms with Gasteiger partial charge in [-0.3, -0.25) is 14.5 Å². The van der Waals surface area contributed by atoms with Crippen LogP contribution in [-0.2, 0) is 10.5 Å². The zero-order valence-electron chi connectivity index (χ0n) is 22.7. The van der Waals surface area contributed by atoms with Crippen LogP contribution in [0.4, 0.5) is 10.1 Å². The number of hydrogen-bond donors (Lipinski definition) is 0. The maximum Gasteiger partial charge on any atom is 0.277 e. The van der Waals surface area contributed by atoms with Gasteiger partial charge in [-0.1, -0.05) is 30.3 Å². The molecule has 2 aromatic carbocycles. The Morgan fingerprint density at radius 3 is 2.51 bits per heavy atom. The van der Waals surface area contributed by atoms with E-state index in [0.717, 1.165) is 42.9 Å². The quantitative estimate of drug-likeness (QED) is 0.255. The third-order valence-electron chi connectivity index (χ3n) is 7.66. The van der Waals surface area contributed by atoms with E-state index in [4.69, 9.17) is 9.84 Å². The summed E-state index contributed by atoms with van der Waals surface area (Å²) in [6, 6.07) is 14.7. The molecule has 1 aliphatic carbocycles. The molecule has 0 aliphatic heterocycles. The number of aromatic nitrogens is 3. The summed E-state index contributed by atoms with van der Waals surface area (Å²) in [6.07, 6.45) is 8.16. The van der Waals surface area contributed by atoms with Gasteiger partial charge in [0.2, 0.25) is 0 Å². The second-order valence-corrected chi connectivity index (χ2v) is 10.7. The number of fused-ring (bicyclic) bond motifs is 1. The number of methoxy groups -OCH3 is 1. The predicted octanol–water partition coefficient (Wildman–Crippen LogP) is 6.52. The van der Waals surface area contributed by atoms with Gasteiger partial charge in [0.25, 0.3) is 5.91 Å². The average molecular weight is 529 g/mol. The highest BCUT2D eigenvalue weighted by Gasteiger charge is 2.28. The van der Waals surface area contributed by atoms with Crippen LogP contribution in [0.1, 0.15) is 61.6 Å². The molecule has 8 heteroatoms. The van der Waals surface area contributed by atoms with Gasteiger partial charge in [0, 0.05) is 42.4 Å². The molecule has 0 bridgehead atoms. The van der Waals surface area contributed by atoms with E-state index in [2.05, 4.69) is 4.98 Å². The van der Waals surface area contributed by atoms with Gasteiger partial charge in [0.15, 0.2) is 0 Å². The SMILES string of the molecule is COc1cc2nn(C3CCC(C=O)CC3)cc2cc1N(C)C(=O)c1ncccc1-c1ccccc1C(C)(C)F. The molecule has 4 aromatic rings. The summed E-state index contributed by atoms with van der Waals surface area (Å²) in [5.74, 6) is 0.308. The Balaban J connectivity index is 1.50. The minimum atomic E-state index is -1.60. The molecule has 0 saturated heterocycles. The molecule has 5 rings (SSSR count). The number of nitrogens with zero attached hydrogens (tertiary/aromatic N) is 4. The van der Waals surface area contributed by atoms with E-state index >= 15 is 4.39 Å². The third-order valence-corrected chi connectivity index (χ3v) is 7.66. The molecule has 1 aliphatic rings. The van der Waals surface area contributed by atoms with Crippen LogP contribution in [0.3, 0.4) is 0 Å². The number of alkyl halides is 1. The lowest BCUT2D eigenvalue weighted by Crippen LogP contribution is -2.28. The summed E-state index contributed by atoms with van der Waals surface area (Å²) in [5, 5.41) is 5.67. The van der Waals surface area contributed by atoms with Crippen LogP contribution in [0, 0.1) is 5.92 Å². The Morgan fingerprint density at radius 2 is 1.82 bits per heavy atom. The lowest BCUT2D eigenvalue weighted by atomic mass is 9.87. The van der Waals surface area contributed by atoms with E-state index in [-0.39, 0.29) is 23.6 Å². The molecule has 0 atom stereocenters. The standard InChI is InChI=1S/C31H33FN4O3/c1-31(2,32)25-10-6-5-8-23(25)24-9-7-15-33-29(24)30(38)35(3)27-16-21-18-36(34-26(21)17-28(27)39-4)22-13-11-20(19-37)12-14-22/h5-10,15-20,22H,11-14H2,1-4H3. The van der Waals surface area contributed by atoms with Gasteiger partial charge in [0.05, 0.1) is 24.4 Å². The molecular weight excluding hydrogens is 495 g/mol. The Labute approximate surface area is 227 Å². The molecule has 1 saturated carbocycles. The number of amides is 1. The van der Waals surface area contributed by atoms with E-state index in [1.54, 1.807) is 44.6 Å². The van der Waals surface area contributed by atoms with Crippen LogP contribution in [0.25, 0.3) is 22.0 Å². The van der Waals surface area contributed by atoms with Crippen LogP contribution in [0.15, 0.2) is 60.9 Å². The Hall–Kier alpha value is -4.07. The summed E-state index contributed by atoms with van der Waals surface area (Å²) in [4.78, 5) is 31.0. The highest BCUT2D eigenvalue weighted by molar-refractivity contribution is 6.10. The lowest BCUT2D eigenvalue weighted by molar-refractivity contribution is -0.112. The highest BCUT2D eigenvalue weighted by atomic mass is 19.1. The summed E-state index contributed by atoms with van der Waals surface area (Å²) >= 11 is 0. The number of carbonyl (C=O) groups is 2. The fourth-order valence-electron chi connectivity index (χ4n) is 5.47. The highest BCUT2D eigenvalue weighted by Crippen LogP contribution is 2.38. The van der Waals surface area contributed by atoms with Gasteiger partial charge >= 0.3 is 0 Å². The van der Waals surface area contributed by atoms with Crippen LogP contribution >= 0.6 is 0 Å². The number of aldehydes is 1. The van der Waals surface area contributed by atoms with E-state index in [1.165, 1.54) is 18.7 Å². The molecule has 2 aromatic heterocycles. The molecular formula is C31H33FN4O3. The van der Waals surface area contributed by atoms with Crippen molar-refractivity contribution in [2.45, 2.75) is 51.2 Å². The van der Waals surface area contributed by atoms with Crippen LogP contribution in [0.2, 0.25) is 0 Å². The van der Waals surface area contributed by atoms with Crippen LogP contribution < -0.4 is 9.64 Å². The number of pyridine rings is 1. The third kappa shape index (κ3) is 5.15. The Morgan fingerprint density at radius 1 is 1.10 bits per heavy atom. The molecule has 0 unspecified atom stereocenters. The molecule has 1 amide bonds. The first-order chi connectivity index (χ1) is 18.7. The minimum Gasteiger partial charge on any atom is -0.494 e. The van der Waals surface area contributed by atoms with Crippen molar-refractivity contribution in [2.24, 2.45) is 5.92 Å². The maximum absolute atomic E-state index is 15.1. The lowest BCUT2D eigenvalue weighted by Gasteiger charge is -2.25. The molecule has 0 N–H and O–H groups in total. The Bertz CT molecular complexity index is 1520. The van der Waals surface area contributed by atoms with Crippen LogP contribution in [-0.4, -0.2) is 41.1 Å². The molecule has 202 valence electrons. The first kappa shape index (κ1) is 26.5. The van der Waals surface area contributed by atoms with E-state index in [0.29, 0.717) is 28.1 Å². The van der Waals surface area contributed by atoms with Gasteiger partial charge in [-0.25, -0.2) is 4.39 Å². The van der Waals surface area contributed by atoms with Gasteiger partial charge in [0.1, 0.15) is 23.4 Å². The van der Waals surface area contributed by atoms with Crippen molar-refractivity contribution >= 4 is 28.8 Å². The van der Waals surface area contributed by atoms with Gasteiger partial charge in [-0.05, 0) is 62.8 Å².